The van der Waals surface area contributed by atoms with Crippen LogP contribution in [0.4, 0.5) is 24.7 Å². The predicted octanol–water partition coefficient (Wildman–Crippen LogP) is 4.61. The number of nitrogens with one attached hydrogen (secondary N) is 1. The third kappa shape index (κ3) is 6.76. The molecule has 5 aromatic rings. The maximum atomic E-state index is 14.5. The molecule has 0 bridgehead atoms. The van der Waals surface area contributed by atoms with Crippen LogP contribution in [0.25, 0.3) is 22.6 Å². The number of alkyl halides is 2. The standard InChI is InChI=1S/C32H32F3N9O2/c1-46-25-9-8-22(41-29(25)35)23-13-21(24(15-37-23)43-11-5-10-32(36,17-43)14-26(33)34)16-44-19-40-28-30(38-18-39-31(28)44)42-27(45)12-20-6-3-2-4-7-20/h2-4,6-9,13,15,18-19,26H,5,10-12,14,16-17,36H2,1H3,(H,38,39,42,45)/t32-/m0/s1. The molecule has 14 heteroatoms. The highest BCUT2D eigenvalue weighted by Crippen LogP contribution is 2.33. The number of halogens is 3. The van der Waals surface area contributed by atoms with Gasteiger partial charge in [0.25, 0.3) is 5.95 Å². The minimum Gasteiger partial charge on any atom is -0.492 e. The highest BCUT2D eigenvalue weighted by atomic mass is 19.3. The Hall–Kier alpha value is -5.11. The Labute approximate surface area is 262 Å². The first-order valence-corrected chi connectivity index (χ1v) is 14.7. The molecule has 1 aliphatic rings. The van der Waals surface area contributed by atoms with Gasteiger partial charge in [-0.05, 0) is 42.2 Å². The van der Waals surface area contributed by atoms with Crippen molar-refractivity contribution in [2.24, 2.45) is 5.73 Å². The second-order valence-corrected chi connectivity index (χ2v) is 11.3. The van der Waals surface area contributed by atoms with Crippen molar-refractivity contribution in [3.05, 3.63) is 84.5 Å². The predicted molar refractivity (Wildman–Crippen MR) is 166 cm³/mol. The van der Waals surface area contributed by atoms with Gasteiger partial charge < -0.3 is 25.3 Å². The number of fused-ring (bicyclic) bond motifs is 1. The van der Waals surface area contributed by atoms with Crippen molar-refractivity contribution in [1.29, 1.82) is 0 Å². The summed E-state index contributed by atoms with van der Waals surface area (Å²) < 4.78 is 48.1. The lowest BCUT2D eigenvalue weighted by molar-refractivity contribution is -0.115. The van der Waals surface area contributed by atoms with Crippen LogP contribution >= 0.6 is 0 Å². The van der Waals surface area contributed by atoms with E-state index in [0.29, 0.717) is 41.9 Å². The summed E-state index contributed by atoms with van der Waals surface area (Å²) in [5.41, 5.74) is 9.21. The number of rotatable bonds is 10. The van der Waals surface area contributed by atoms with Gasteiger partial charge in [-0.2, -0.15) is 4.39 Å². The Morgan fingerprint density at radius 3 is 2.70 bits per heavy atom. The summed E-state index contributed by atoms with van der Waals surface area (Å²) in [6, 6.07) is 14.2. The zero-order valence-electron chi connectivity index (χ0n) is 25.0. The van der Waals surface area contributed by atoms with Gasteiger partial charge in [0, 0.05) is 25.0 Å². The number of nitrogens with two attached hydrogens (primary N) is 1. The Kier molecular flexibility index (Phi) is 8.79. The number of amides is 1. The van der Waals surface area contributed by atoms with Crippen molar-refractivity contribution in [2.45, 2.75) is 44.2 Å². The molecule has 5 heterocycles. The van der Waals surface area contributed by atoms with E-state index < -0.39 is 24.3 Å². The second-order valence-electron chi connectivity index (χ2n) is 11.3. The topological polar surface area (TPSA) is 137 Å². The van der Waals surface area contributed by atoms with Crippen LogP contribution in [0, 0.1) is 5.95 Å². The fourth-order valence-electron chi connectivity index (χ4n) is 5.83. The van der Waals surface area contributed by atoms with Crippen molar-refractivity contribution >= 4 is 28.6 Å². The van der Waals surface area contributed by atoms with E-state index in [1.165, 1.54) is 19.5 Å². The van der Waals surface area contributed by atoms with Gasteiger partial charge in [0.05, 0.1) is 49.7 Å². The van der Waals surface area contributed by atoms with Gasteiger partial charge in [-0.3, -0.25) is 9.78 Å². The third-order valence-corrected chi connectivity index (χ3v) is 7.98. The first-order chi connectivity index (χ1) is 22.2. The summed E-state index contributed by atoms with van der Waals surface area (Å²) in [6.07, 6.45) is 2.89. The molecule has 1 atom stereocenters. The van der Waals surface area contributed by atoms with Gasteiger partial charge in [0.15, 0.2) is 22.7 Å². The van der Waals surface area contributed by atoms with Crippen LogP contribution < -0.4 is 20.7 Å². The quantitative estimate of drug-likeness (QED) is 0.212. The number of anilines is 2. The van der Waals surface area contributed by atoms with E-state index in [1.54, 1.807) is 29.2 Å². The highest BCUT2D eigenvalue weighted by Gasteiger charge is 2.35. The number of piperidine rings is 1. The molecular weight excluding hydrogens is 599 g/mol. The number of carbonyl (C=O) groups excluding carboxylic acids is 1. The van der Waals surface area contributed by atoms with E-state index in [-0.39, 0.29) is 42.7 Å². The highest BCUT2D eigenvalue weighted by molar-refractivity contribution is 5.97. The molecule has 11 nitrogen and oxygen atoms in total. The third-order valence-electron chi connectivity index (χ3n) is 7.98. The van der Waals surface area contributed by atoms with Crippen molar-refractivity contribution in [3.8, 4) is 17.1 Å². The maximum absolute atomic E-state index is 14.5. The van der Waals surface area contributed by atoms with Crippen LogP contribution in [0.5, 0.6) is 5.75 Å². The molecule has 6 rings (SSSR count). The lowest BCUT2D eigenvalue weighted by atomic mass is 9.86. The van der Waals surface area contributed by atoms with Gasteiger partial charge in [-0.15, -0.1) is 0 Å². The van der Waals surface area contributed by atoms with Crippen molar-refractivity contribution < 1.29 is 22.7 Å². The number of carbonyl (C=O) groups is 1. The van der Waals surface area contributed by atoms with E-state index in [1.807, 2.05) is 35.2 Å². The molecule has 1 saturated heterocycles. The van der Waals surface area contributed by atoms with Crippen LogP contribution in [-0.2, 0) is 17.8 Å². The number of pyridine rings is 2. The molecule has 46 heavy (non-hydrogen) atoms. The number of ether oxygens (including phenoxy) is 1. The van der Waals surface area contributed by atoms with E-state index in [4.69, 9.17) is 10.5 Å². The number of imidazole rings is 1. The van der Waals surface area contributed by atoms with Gasteiger partial charge in [0.1, 0.15) is 6.33 Å². The second kappa shape index (κ2) is 13.1. The molecule has 0 saturated carbocycles. The minimum atomic E-state index is -2.53. The van der Waals surface area contributed by atoms with Gasteiger partial charge in [-0.25, -0.2) is 28.7 Å². The van der Waals surface area contributed by atoms with E-state index in [9.17, 15) is 18.0 Å². The van der Waals surface area contributed by atoms with Crippen molar-refractivity contribution in [3.63, 3.8) is 0 Å². The van der Waals surface area contributed by atoms with Gasteiger partial charge >= 0.3 is 0 Å². The molecule has 1 fully saturated rings. The number of nitrogens with zero attached hydrogens (tertiary/aromatic N) is 7. The molecule has 1 aromatic carbocycles. The number of aromatic nitrogens is 6. The molecule has 1 amide bonds. The molecule has 3 N–H and O–H groups in total. The first-order valence-electron chi connectivity index (χ1n) is 14.7. The molecule has 0 unspecified atom stereocenters. The average molecular weight is 632 g/mol. The minimum absolute atomic E-state index is 0.00320. The maximum Gasteiger partial charge on any atom is 0.255 e. The lowest BCUT2D eigenvalue weighted by Gasteiger charge is -2.42. The molecular formula is C32H32F3N9O2. The Morgan fingerprint density at radius 1 is 1.11 bits per heavy atom. The summed E-state index contributed by atoms with van der Waals surface area (Å²) >= 11 is 0. The van der Waals surface area contributed by atoms with Crippen molar-refractivity contribution in [1.82, 2.24) is 29.5 Å². The fraction of sp³-hybridized carbons (Fsp3) is 0.312. The number of hydrogen-bond donors (Lipinski definition) is 2. The summed E-state index contributed by atoms with van der Waals surface area (Å²) in [7, 11) is 1.36. The van der Waals surface area contributed by atoms with E-state index >= 15 is 0 Å². The summed E-state index contributed by atoms with van der Waals surface area (Å²) in [4.78, 5) is 36.5. The van der Waals surface area contributed by atoms with Crippen LogP contribution in [0.2, 0.25) is 0 Å². The Balaban J connectivity index is 1.34. The molecule has 0 spiro atoms. The molecule has 238 valence electrons. The SMILES string of the molecule is COc1ccc(-c2cc(Cn3cnc4c(NC(=O)Cc5ccccc5)ncnc43)c(N3CCC[C@](N)(CC(F)F)C3)cn2)nc1F. The number of methoxy groups -OCH3 is 1. The lowest BCUT2D eigenvalue weighted by Crippen LogP contribution is -2.55. The number of benzene rings is 1. The van der Waals surface area contributed by atoms with E-state index in [0.717, 1.165) is 11.1 Å². The van der Waals surface area contributed by atoms with Gasteiger partial charge in [-0.1, -0.05) is 30.3 Å². The first kappa shape index (κ1) is 30.9. The van der Waals surface area contributed by atoms with Crippen LogP contribution in [-0.4, -0.2) is 67.6 Å². The Bertz CT molecular complexity index is 1850. The summed E-state index contributed by atoms with van der Waals surface area (Å²) in [6.45, 7) is 1.04. The normalized spacial score (nSPS) is 16.6. The molecule has 1 aliphatic heterocycles. The van der Waals surface area contributed by atoms with Crippen LogP contribution in [0.15, 0.2) is 67.4 Å². The Morgan fingerprint density at radius 2 is 1.93 bits per heavy atom. The smallest absolute Gasteiger partial charge is 0.255 e. The van der Waals surface area contributed by atoms with Crippen LogP contribution in [0.1, 0.15) is 30.4 Å². The largest absolute Gasteiger partial charge is 0.492 e. The number of hydrogen-bond acceptors (Lipinski definition) is 9. The monoisotopic (exact) mass is 631 g/mol. The van der Waals surface area contributed by atoms with Crippen molar-refractivity contribution in [2.75, 3.05) is 30.4 Å². The zero-order chi connectivity index (χ0) is 32.3. The van der Waals surface area contributed by atoms with Crippen LogP contribution in [0.3, 0.4) is 0 Å². The summed E-state index contributed by atoms with van der Waals surface area (Å²) in [5, 5.41) is 2.83. The molecule has 0 radical (unpaired) electrons. The van der Waals surface area contributed by atoms with Gasteiger partial charge in [0.2, 0.25) is 12.3 Å². The average Bonchev–Trinajstić information content (AvgIpc) is 3.44. The zero-order valence-corrected chi connectivity index (χ0v) is 25.0. The molecule has 4 aromatic heterocycles. The summed E-state index contributed by atoms with van der Waals surface area (Å²) in [5.74, 6) is -0.750. The van der Waals surface area contributed by atoms with E-state index in [2.05, 4.69) is 30.2 Å². The fourth-order valence-corrected chi connectivity index (χ4v) is 5.83. The molecule has 0 aliphatic carbocycles.